The van der Waals surface area contributed by atoms with Gasteiger partial charge in [0, 0.05) is 13.0 Å². The third kappa shape index (κ3) is 2.86. The minimum Gasteiger partial charge on any atom is -0.392 e. The van der Waals surface area contributed by atoms with E-state index in [1.807, 2.05) is 11.6 Å². The molecule has 2 atom stereocenters. The minimum atomic E-state index is -0.289. The largest absolute Gasteiger partial charge is 0.392 e. The molecule has 16 heavy (non-hydrogen) atoms. The zero-order chi connectivity index (χ0) is 12.3. The predicted octanol–water partition coefficient (Wildman–Crippen LogP) is 2.92. The molecule has 0 aliphatic carbocycles. The van der Waals surface area contributed by atoms with E-state index in [1.165, 1.54) is 0 Å². The lowest BCUT2D eigenvalue weighted by molar-refractivity contribution is 0.112. The van der Waals surface area contributed by atoms with Crippen molar-refractivity contribution in [3.8, 4) is 0 Å². The van der Waals surface area contributed by atoms with E-state index in [0.717, 1.165) is 28.8 Å². The molecule has 0 amide bonds. The first kappa shape index (κ1) is 13.7. The van der Waals surface area contributed by atoms with Crippen LogP contribution in [0.5, 0.6) is 0 Å². The minimum absolute atomic E-state index is 0.289. The van der Waals surface area contributed by atoms with Crippen molar-refractivity contribution >= 4 is 15.9 Å². The topological polar surface area (TPSA) is 38.1 Å². The summed E-state index contributed by atoms with van der Waals surface area (Å²) < 4.78 is 3.00. The SMILES string of the molecule is CCC(C)C(O)Cc1c(Br)c(C)nn1CC. The Balaban J connectivity index is 2.87. The number of aryl methyl sites for hydroxylation is 2. The molecule has 0 aromatic carbocycles. The maximum Gasteiger partial charge on any atom is 0.0738 e. The highest BCUT2D eigenvalue weighted by atomic mass is 79.9. The van der Waals surface area contributed by atoms with Gasteiger partial charge in [0.15, 0.2) is 0 Å². The van der Waals surface area contributed by atoms with Crippen molar-refractivity contribution in [1.82, 2.24) is 9.78 Å². The van der Waals surface area contributed by atoms with Crippen molar-refractivity contribution < 1.29 is 5.11 Å². The van der Waals surface area contributed by atoms with E-state index < -0.39 is 0 Å². The Morgan fingerprint density at radius 3 is 2.56 bits per heavy atom. The summed E-state index contributed by atoms with van der Waals surface area (Å²) in [7, 11) is 0. The second-order valence-corrected chi connectivity index (χ2v) is 5.11. The highest BCUT2D eigenvalue weighted by Gasteiger charge is 2.19. The van der Waals surface area contributed by atoms with Crippen LogP contribution in [0.2, 0.25) is 0 Å². The Hall–Kier alpha value is -0.350. The van der Waals surface area contributed by atoms with Crippen LogP contribution in [0.15, 0.2) is 4.47 Å². The van der Waals surface area contributed by atoms with E-state index in [2.05, 4.69) is 41.8 Å². The molecule has 1 N–H and O–H groups in total. The van der Waals surface area contributed by atoms with Crippen molar-refractivity contribution in [2.45, 2.75) is 53.2 Å². The van der Waals surface area contributed by atoms with Crippen LogP contribution in [0.3, 0.4) is 0 Å². The van der Waals surface area contributed by atoms with Crippen LogP contribution in [0.4, 0.5) is 0 Å². The second kappa shape index (κ2) is 5.82. The maximum absolute atomic E-state index is 10.1. The maximum atomic E-state index is 10.1. The van der Waals surface area contributed by atoms with Gasteiger partial charge in [-0.2, -0.15) is 5.10 Å². The fourth-order valence-corrected chi connectivity index (χ4v) is 2.18. The van der Waals surface area contributed by atoms with Gasteiger partial charge in [-0.25, -0.2) is 0 Å². The Bertz CT molecular complexity index is 349. The molecule has 1 aromatic heterocycles. The number of aliphatic hydroxyl groups is 1. The van der Waals surface area contributed by atoms with Crippen molar-refractivity contribution in [3.63, 3.8) is 0 Å². The van der Waals surface area contributed by atoms with E-state index >= 15 is 0 Å². The van der Waals surface area contributed by atoms with Crippen molar-refractivity contribution in [1.29, 1.82) is 0 Å². The smallest absolute Gasteiger partial charge is 0.0738 e. The van der Waals surface area contributed by atoms with Gasteiger partial charge in [-0.3, -0.25) is 4.68 Å². The van der Waals surface area contributed by atoms with E-state index in [0.29, 0.717) is 12.3 Å². The highest BCUT2D eigenvalue weighted by molar-refractivity contribution is 9.10. The van der Waals surface area contributed by atoms with Gasteiger partial charge in [-0.15, -0.1) is 0 Å². The Morgan fingerprint density at radius 1 is 1.44 bits per heavy atom. The van der Waals surface area contributed by atoms with Gasteiger partial charge in [0.05, 0.1) is 22.0 Å². The number of aliphatic hydroxyl groups excluding tert-OH is 1. The lowest BCUT2D eigenvalue weighted by Gasteiger charge is -2.17. The number of aromatic nitrogens is 2. The van der Waals surface area contributed by atoms with Crippen LogP contribution >= 0.6 is 15.9 Å². The third-order valence-electron chi connectivity index (χ3n) is 3.16. The van der Waals surface area contributed by atoms with E-state index in [-0.39, 0.29) is 6.10 Å². The van der Waals surface area contributed by atoms with Crippen molar-refractivity contribution in [2.75, 3.05) is 0 Å². The van der Waals surface area contributed by atoms with Crippen LogP contribution in [0.1, 0.15) is 38.6 Å². The molecule has 1 aromatic rings. The summed E-state index contributed by atoms with van der Waals surface area (Å²) in [6.07, 6.45) is 1.38. The molecule has 1 rings (SSSR count). The monoisotopic (exact) mass is 288 g/mol. The number of hydrogen-bond acceptors (Lipinski definition) is 2. The Labute approximate surface area is 106 Å². The quantitative estimate of drug-likeness (QED) is 0.905. The average molecular weight is 289 g/mol. The first-order valence-corrected chi connectivity index (χ1v) is 6.70. The molecule has 1 heterocycles. The molecule has 0 aliphatic rings. The molecular weight excluding hydrogens is 268 g/mol. The highest BCUT2D eigenvalue weighted by Crippen LogP contribution is 2.24. The summed E-state index contributed by atoms with van der Waals surface area (Å²) in [5.74, 6) is 0.326. The van der Waals surface area contributed by atoms with Crippen molar-refractivity contribution in [3.05, 3.63) is 15.9 Å². The zero-order valence-corrected chi connectivity index (χ0v) is 12.1. The molecule has 0 saturated carbocycles. The molecular formula is C12H21BrN2O. The molecule has 0 radical (unpaired) electrons. The molecule has 4 heteroatoms. The summed E-state index contributed by atoms with van der Waals surface area (Å²) in [6, 6.07) is 0. The van der Waals surface area contributed by atoms with Crippen LogP contribution in [-0.4, -0.2) is 21.0 Å². The van der Waals surface area contributed by atoms with Gasteiger partial charge in [0.1, 0.15) is 0 Å². The van der Waals surface area contributed by atoms with Gasteiger partial charge in [0.25, 0.3) is 0 Å². The van der Waals surface area contributed by atoms with Gasteiger partial charge in [0.2, 0.25) is 0 Å². The molecule has 3 nitrogen and oxygen atoms in total. The van der Waals surface area contributed by atoms with E-state index in [1.54, 1.807) is 0 Å². The number of halogens is 1. The fourth-order valence-electron chi connectivity index (χ4n) is 1.74. The van der Waals surface area contributed by atoms with Crippen molar-refractivity contribution in [2.24, 2.45) is 5.92 Å². The molecule has 0 fully saturated rings. The molecule has 0 spiro atoms. The standard InChI is InChI=1S/C12H21BrN2O/c1-5-8(3)11(16)7-10-12(13)9(4)14-15(10)6-2/h8,11,16H,5-7H2,1-4H3. The summed E-state index contributed by atoms with van der Waals surface area (Å²) in [5.41, 5.74) is 2.10. The van der Waals surface area contributed by atoms with Crippen LogP contribution < -0.4 is 0 Å². The molecule has 2 unspecified atom stereocenters. The van der Waals surface area contributed by atoms with Gasteiger partial charge < -0.3 is 5.11 Å². The first-order chi connectivity index (χ1) is 7.51. The second-order valence-electron chi connectivity index (χ2n) is 4.32. The van der Waals surface area contributed by atoms with E-state index in [4.69, 9.17) is 0 Å². The lowest BCUT2D eigenvalue weighted by atomic mass is 9.98. The van der Waals surface area contributed by atoms with Crippen LogP contribution in [0, 0.1) is 12.8 Å². The van der Waals surface area contributed by atoms with Gasteiger partial charge >= 0.3 is 0 Å². The summed E-state index contributed by atoms with van der Waals surface area (Å²) in [5, 5.41) is 14.5. The van der Waals surface area contributed by atoms with Gasteiger partial charge in [-0.05, 0) is 35.7 Å². The fraction of sp³-hybridized carbons (Fsp3) is 0.750. The molecule has 0 aliphatic heterocycles. The van der Waals surface area contributed by atoms with Crippen LogP contribution in [-0.2, 0) is 13.0 Å². The lowest BCUT2D eigenvalue weighted by Crippen LogP contribution is -2.21. The normalized spacial score (nSPS) is 15.1. The zero-order valence-electron chi connectivity index (χ0n) is 10.5. The third-order valence-corrected chi connectivity index (χ3v) is 4.19. The first-order valence-electron chi connectivity index (χ1n) is 5.91. The average Bonchev–Trinajstić information content (AvgIpc) is 2.55. The van der Waals surface area contributed by atoms with E-state index in [9.17, 15) is 5.11 Å². The number of rotatable bonds is 5. The molecule has 0 bridgehead atoms. The summed E-state index contributed by atoms with van der Waals surface area (Å²) in [4.78, 5) is 0. The summed E-state index contributed by atoms with van der Waals surface area (Å²) >= 11 is 3.55. The molecule has 0 saturated heterocycles. The Morgan fingerprint density at radius 2 is 2.06 bits per heavy atom. The van der Waals surface area contributed by atoms with Crippen LogP contribution in [0.25, 0.3) is 0 Å². The van der Waals surface area contributed by atoms with Gasteiger partial charge in [-0.1, -0.05) is 20.3 Å². The number of nitrogens with zero attached hydrogens (tertiary/aromatic N) is 2. The predicted molar refractivity (Wildman–Crippen MR) is 69.5 cm³/mol. The Kier molecular flexibility index (Phi) is 4.99. The molecule has 92 valence electrons. The number of hydrogen-bond donors (Lipinski definition) is 1. The summed E-state index contributed by atoms with van der Waals surface area (Å²) in [6.45, 7) is 9.08.